The molecule has 0 aliphatic heterocycles. The summed E-state index contributed by atoms with van der Waals surface area (Å²) in [6.07, 6.45) is 1.28. The summed E-state index contributed by atoms with van der Waals surface area (Å²) in [4.78, 5) is 22.4. The molecule has 0 atom stereocenters. The molecular weight excluding hydrogens is 393 g/mol. The van der Waals surface area contributed by atoms with Crippen LogP contribution in [0.4, 0.5) is 5.69 Å². The first-order valence-corrected chi connectivity index (χ1v) is 8.28. The van der Waals surface area contributed by atoms with Crippen molar-refractivity contribution in [2.75, 3.05) is 0 Å². The molecule has 0 unspecified atom stereocenters. The number of hydrogen-bond acceptors (Lipinski definition) is 5. The zero-order chi connectivity index (χ0) is 19.4. The summed E-state index contributed by atoms with van der Waals surface area (Å²) in [5.41, 5.74) is 4.08. The number of amides is 1. The Morgan fingerprint density at radius 3 is 2.63 bits per heavy atom. The molecule has 2 aromatic carbocycles. The molecule has 0 fully saturated rings. The number of nitro groups is 1. The van der Waals surface area contributed by atoms with Crippen molar-refractivity contribution in [1.29, 1.82) is 0 Å². The van der Waals surface area contributed by atoms with Gasteiger partial charge in [0, 0.05) is 22.2 Å². The Morgan fingerprint density at radius 1 is 1.19 bits per heavy atom. The van der Waals surface area contributed by atoms with Gasteiger partial charge in [0.1, 0.15) is 10.7 Å². The summed E-state index contributed by atoms with van der Waals surface area (Å²) < 4.78 is 0. The van der Waals surface area contributed by atoms with Gasteiger partial charge >= 0.3 is 0 Å². The molecule has 0 saturated heterocycles. The second-order valence-electron chi connectivity index (χ2n) is 5.34. The van der Waals surface area contributed by atoms with Crippen LogP contribution in [0.2, 0.25) is 10.0 Å². The molecule has 1 heterocycles. The van der Waals surface area contributed by atoms with E-state index in [1.54, 1.807) is 36.4 Å². The average molecular weight is 404 g/mol. The fourth-order valence-corrected chi connectivity index (χ4v) is 2.49. The predicted octanol–water partition coefficient (Wildman–Crippen LogP) is 4.06. The van der Waals surface area contributed by atoms with Crippen LogP contribution in [0.25, 0.3) is 11.3 Å². The maximum Gasteiger partial charge on any atom is 0.289 e. The minimum atomic E-state index is -0.596. The van der Waals surface area contributed by atoms with Crippen LogP contribution in [0, 0.1) is 10.1 Å². The number of nitrogens with zero attached hydrogens (tertiary/aromatic N) is 3. The van der Waals surface area contributed by atoms with Gasteiger partial charge in [-0.15, -0.1) is 0 Å². The Labute approximate surface area is 163 Å². The lowest BCUT2D eigenvalue weighted by molar-refractivity contribution is -0.384. The molecule has 1 aromatic heterocycles. The number of hydrazone groups is 1. The molecule has 136 valence electrons. The summed E-state index contributed by atoms with van der Waals surface area (Å²) in [6, 6.07) is 12.8. The second kappa shape index (κ2) is 7.98. The first-order chi connectivity index (χ1) is 12.9. The van der Waals surface area contributed by atoms with Gasteiger partial charge < -0.3 is 0 Å². The Balaban J connectivity index is 1.68. The zero-order valence-corrected chi connectivity index (χ0v) is 15.0. The van der Waals surface area contributed by atoms with Crippen LogP contribution in [-0.2, 0) is 0 Å². The third-order valence-electron chi connectivity index (χ3n) is 3.51. The van der Waals surface area contributed by atoms with Crippen molar-refractivity contribution in [3.63, 3.8) is 0 Å². The Hall–Kier alpha value is -3.23. The maximum absolute atomic E-state index is 12.1. The smallest absolute Gasteiger partial charge is 0.272 e. The highest BCUT2D eigenvalue weighted by Crippen LogP contribution is 2.24. The number of halogens is 2. The number of hydrogen-bond donors (Lipinski definition) is 2. The van der Waals surface area contributed by atoms with Gasteiger partial charge in [-0.3, -0.25) is 20.0 Å². The van der Waals surface area contributed by atoms with Crippen LogP contribution >= 0.6 is 23.2 Å². The van der Waals surface area contributed by atoms with Crippen molar-refractivity contribution >= 4 is 41.0 Å². The van der Waals surface area contributed by atoms with E-state index in [0.29, 0.717) is 16.3 Å². The lowest BCUT2D eigenvalue weighted by atomic mass is 10.1. The van der Waals surface area contributed by atoms with Crippen LogP contribution in [0.1, 0.15) is 16.1 Å². The van der Waals surface area contributed by atoms with Crippen molar-refractivity contribution in [2.24, 2.45) is 5.10 Å². The van der Waals surface area contributed by atoms with Crippen LogP contribution in [0.3, 0.4) is 0 Å². The topological polar surface area (TPSA) is 113 Å². The van der Waals surface area contributed by atoms with Crippen LogP contribution in [0.5, 0.6) is 0 Å². The van der Waals surface area contributed by atoms with E-state index < -0.39 is 10.8 Å². The summed E-state index contributed by atoms with van der Waals surface area (Å²) in [5, 5.41) is 22.0. The van der Waals surface area contributed by atoms with E-state index >= 15 is 0 Å². The SMILES string of the molecule is O=C(N/N=C\c1ccc(Cl)c([N+](=O)[O-])c1)c1cc(-c2ccc(Cl)cc2)n[nH]1. The van der Waals surface area contributed by atoms with E-state index in [2.05, 4.69) is 20.7 Å². The number of carbonyl (C=O) groups is 1. The third kappa shape index (κ3) is 4.49. The number of nitrogens with one attached hydrogen (secondary N) is 2. The van der Waals surface area contributed by atoms with Crippen molar-refractivity contribution in [3.8, 4) is 11.3 Å². The standard InChI is InChI=1S/C17H11Cl2N5O3/c18-12-4-2-11(3-5-12)14-8-15(22-21-14)17(25)23-20-9-10-1-6-13(19)16(7-10)24(26)27/h1-9H,(H,21,22)(H,23,25)/b20-9-. The van der Waals surface area contributed by atoms with E-state index in [0.717, 1.165) is 5.56 Å². The molecule has 0 saturated carbocycles. The number of aromatic nitrogens is 2. The normalized spacial score (nSPS) is 10.9. The molecule has 0 bridgehead atoms. The summed E-state index contributed by atoms with van der Waals surface area (Å²) in [5.74, 6) is -0.512. The van der Waals surface area contributed by atoms with E-state index in [-0.39, 0.29) is 16.4 Å². The highest BCUT2D eigenvalue weighted by atomic mass is 35.5. The van der Waals surface area contributed by atoms with Gasteiger partial charge in [0.05, 0.1) is 16.8 Å². The molecule has 0 aliphatic rings. The van der Waals surface area contributed by atoms with E-state index in [1.807, 2.05) is 0 Å². The average Bonchev–Trinajstić information content (AvgIpc) is 3.13. The van der Waals surface area contributed by atoms with Crippen LogP contribution in [0.15, 0.2) is 53.6 Å². The van der Waals surface area contributed by atoms with Gasteiger partial charge in [-0.05, 0) is 24.3 Å². The van der Waals surface area contributed by atoms with Gasteiger partial charge in [-0.1, -0.05) is 41.4 Å². The molecule has 1 amide bonds. The first-order valence-electron chi connectivity index (χ1n) is 7.53. The predicted molar refractivity (Wildman–Crippen MR) is 102 cm³/mol. The van der Waals surface area contributed by atoms with E-state index in [1.165, 1.54) is 18.3 Å². The number of carbonyl (C=O) groups excluding carboxylic acids is 1. The van der Waals surface area contributed by atoms with Gasteiger partial charge in [-0.25, -0.2) is 5.43 Å². The number of benzene rings is 2. The molecule has 0 radical (unpaired) electrons. The van der Waals surface area contributed by atoms with Gasteiger partial charge in [0.2, 0.25) is 0 Å². The quantitative estimate of drug-likeness (QED) is 0.379. The zero-order valence-electron chi connectivity index (χ0n) is 13.5. The van der Waals surface area contributed by atoms with Crippen molar-refractivity contribution in [2.45, 2.75) is 0 Å². The summed E-state index contributed by atoms with van der Waals surface area (Å²) in [7, 11) is 0. The molecule has 2 N–H and O–H groups in total. The molecule has 0 aliphatic carbocycles. The van der Waals surface area contributed by atoms with Crippen molar-refractivity contribution in [1.82, 2.24) is 15.6 Å². The monoisotopic (exact) mass is 403 g/mol. The molecule has 3 aromatic rings. The van der Waals surface area contributed by atoms with E-state index in [4.69, 9.17) is 23.2 Å². The number of rotatable bonds is 5. The Bertz CT molecular complexity index is 1030. The minimum Gasteiger partial charge on any atom is -0.272 e. The van der Waals surface area contributed by atoms with E-state index in [9.17, 15) is 14.9 Å². The Morgan fingerprint density at radius 2 is 1.93 bits per heavy atom. The highest BCUT2D eigenvalue weighted by Gasteiger charge is 2.13. The maximum atomic E-state index is 12.1. The molecule has 3 rings (SSSR count). The first kappa shape index (κ1) is 18.6. The fraction of sp³-hybridized carbons (Fsp3) is 0. The minimum absolute atomic E-state index is 0.0216. The van der Waals surface area contributed by atoms with Gasteiger partial charge in [0.25, 0.3) is 11.6 Å². The number of aromatic amines is 1. The summed E-state index contributed by atoms with van der Waals surface area (Å²) >= 11 is 11.6. The number of nitro benzene ring substituents is 1. The second-order valence-corrected chi connectivity index (χ2v) is 6.18. The largest absolute Gasteiger partial charge is 0.289 e. The molecule has 8 nitrogen and oxygen atoms in total. The lowest BCUT2D eigenvalue weighted by Crippen LogP contribution is -2.18. The third-order valence-corrected chi connectivity index (χ3v) is 4.08. The highest BCUT2D eigenvalue weighted by molar-refractivity contribution is 6.32. The molecular formula is C17H11Cl2N5O3. The van der Waals surface area contributed by atoms with Gasteiger partial charge in [0.15, 0.2) is 0 Å². The van der Waals surface area contributed by atoms with Gasteiger partial charge in [-0.2, -0.15) is 10.2 Å². The van der Waals surface area contributed by atoms with Crippen molar-refractivity contribution in [3.05, 3.63) is 79.9 Å². The number of H-pyrrole nitrogens is 1. The molecule has 10 heteroatoms. The lowest BCUT2D eigenvalue weighted by Gasteiger charge is -1.98. The Kier molecular flexibility index (Phi) is 5.49. The summed E-state index contributed by atoms with van der Waals surface area (Å²) in [6.45, 7) is 0. The van der Waals surface area contributed by atoms with Crippen molar-refractivity contribution < 1.29 is 9.72 Å². The molecule has 0 spiro atoms. The fourth-order valence-electron chi connectivity index (χ4n) is 2.18. The van der Waals surface area contributed by atoms with Crippen LogP contribution < -0.4 is 5.43 Å². The molecule has 27 heavy (non-hydrogen) atoms. The van der Waals surface area contributed by atoms with Crippen LogP contribution in [-0.4, -0.2) is 27.2 Å².